The summed E-state index contributed by atoms with van der Waals surface area (Å²) < 4.78 is 39.4. The summed E-state index contributed by atoms with van der Waals surface area (Å²) in [7, 11) is -0.601. The molecular formula is C17H22N4O5S. The summed E-state index contributed by atoms with van der Waals surface area (Å²) in [6, 6.07) is 5.60. The number of esters is 1. The molecule has 10 heteroatoms. The standard InChI is InChI=1S/C17H22N4O5S/c1-20-9-8-19-17(20)15-11-18-7-10-21(15)27(23,24)14-5-3-13(4-6-14)26-12-16(22)25-2/h3-6,8-9,15,18H,7,10-12H2,1-2H3. The number of nitrogens with zero attached hydrogens (tertiary/aromatic N) is 3. The highest BCUT2D eigenvalue weighted by Gasteiger charge is 2.36. The first-order valence-electron chi connectivity index (χ1n) is 8.43. The van der Waals surface area contributed by atoms with Gasteiger partial charge in [-0.3, -0.25) is 0 Å². The van der Waals surface area contributed by atoms with Crippen molar-refractivity contribution in [1.82, 2.24) is 19.2 Å². The molecule has 27 heavy (non-hydrogen) atoms. The molecule has 0 amide bonds. The molecule has 0 saturated carbocycles. The van der Waals surface area contributed by atoms with Gasteiger partial charge in [0.15, 0.2) is 6.61 Å². The second-order valence-electron chi connectivity index (χ2n) is 6.07. The van der Waals surface area contributed by atoms with E-state index >= 15 is 0 Å². The largest absolute Gasteiger partial charge is 0.482 e. The first-order valence-corrected chi connectivity index (χ1v) is 9.87. The predicted octanol–water partition coefficient (Wildman–Crippen LogP) is 0.307. The molecule has 1 atom stereocenters. The topological polar surface area (TPSA) is 103 Å². The highest BCUT2D eigenvalue weighted by atomic mass is 32.2. The highest BCUT2D eigenvalue weighted by molar-refractivity contribution is 7.89. The zero-order valence-corrected chi connectivity index (χ0v) is 16.0. The van der Waals surface area contributed by atoms with Crippen molar-refractivity contribution in [2.75, 3.05) is 33.4 Å². The third kappa shape index (κ3) is 4.12. The average molecular weight is 394 g/mol. The molecule has 1 N–H and O–H groups in total. The molecule has 1 unspecified atom stereocenters. The zero-order chi connectivity index (χ0) is 19.4. The third-order valence-corrected chi connectivity index (χ3v) is 6.29. The zero-order valence-electron chi connectivity index (χ0n) is 15.2. The molecule has 1 fully saturated rings. The lowest BCUT2D eigenvalue weighted by molar-refractivity contribution is -0.142. The monoisotopic (exact) mass is 394 g/mol. The van der Waals surface area contributed by atoms with Crippen LogP contribution in [0, 0.1) is 0 Å². The van der Waals surface area contributed by atoms with Gasteiger partial charge in [0.1, 0.15) is 11.6 Å². The summed E-state index contributed by atoms with van der Waals surface area (Å²) >= 11 is 0. The van der Waals surface area contributed by atoms with Gasteiger partial charge in [-0.2, -0.15) is 4.31 Å². The number of aromatic nitrogens is 2. The van der Waals surface area contributed by atoms with Gasteiger partial charge < -0.3 is 19.4 Å². The number of nitrogens with one attached hydrogen (secondary N) is 1. The van der Waals surface area contributed by atoms with E-state index in [4.69, 9.17) is 4.74 Å². The van der Waals surface area contributed by atoms with Gasteiger partial charge in [0.25, 0.3) is 0 Å². The molecule has 2 heterocycles. The van der Waals surface area contributed by atoms with Gasteiger partial charge in [0.2, 0.25) is 10.0 Å². The fourth-order valence-corrected chi connectivity index (χ4v) is 4.52. The van der Waals surface area contributed by atoms with E-state index in [2.05, 4.69) is 15.0 Å². The number of aryl methyl sites for hydroxylation is 1. The Morgan fingerprint density at radius 1 is 1.33 bits per heavy atom. The minimum atomic E-state index is -3.71. The van der Waals surface area contributed by atoms with Crippen LogP contribution in [0.25, 0.3) is 0 Å². The number of hydrogen-bond donors (Lipinski definition) is 1. The third-order valence-electron chi connectivity index (χ3n) is 4.37. The summed E-state index contributed by atoms with van der Waals surface area (Å²) in [6.45, 7) is 1.17. The molecule has 1 aliphatic rings. The van der Waals surface area contributed by atoms with Gasteiger partial charge >= 0.3 is 5.97 Å². The van der Waals surface area contributed by atoms with Crippen molar-refractivity contribution in [1.29, 1.82) is 0 Å². The number of sulfonamides is 1. The van der Waals surface area contributed by atoms with Crippen LogP contribution < -0.4 is 10.1 Å². The molecule has 0 spiro atoms. The first kappa shape index (κ1) is 19.3. The molecule has 2 aromatic rings. The Balaban J connectivity index is 1.82. The van der Waals surface area contributed by atoms with Crippen LogP contribution in [0.1, 0.15) is 11.9 Å². The van der Waals surface area contributed by atoms with Crippen molar-refractivity contribution in [3.8, 4) is 5.75 Å². The molecule has 1 aromatic heterocycles. The minimum absolute atomic E-state index is 0.161. The minimum Gasteiger partial charge on any atom is -0.482 e. The first-order chi connectivity index (χ1) is 12.9. The van der Waals surface area contributed by atoms with Gasteiger partial charge in [0, 0.05) is 39.1 Å². The fourth-order valence-electron chi connectivity index (χ4n) is 2.94. The van der Waals surface area contributed by atoms with E-state index in [0.717, 1.165) is 0 Å². The van der Waals surface area contributed by atoms with Crippen molar-refractivity contribution < 1.29 is 22.7 Å². The second kappa shape index (κ2) is 8.07. The van der Waals surface area contributed by atoms with E-state index in [9.17, 15) is 13.2 Å². The summed E-state index contributed by atoms with van der Waals surface area (Å²) in [5.74, 6) is 0.564. The average Bonchev–Trinajstić information content (AvgIpc) is 3.12. The quantitative estimate of drug-likeness (QED) is 0.703. The van der Waals surface area contributed by atoms with Crippen molar-refractivity contribution in [3.63, 3.8) is 0 Å². The number of rotatable bonds is 6. The Hall–Kier alpha value is -2.43. The van der Waals surface area contributed by atoms with E-state index in [-0.39, 0.29) is 17.5 Å². The smallest absolute Gasteiger partial charge is 0.343 e. The van der Waals surface area contributed by atoms with Crippen LogP contribution in [0.3, 0.4) is 0 Å². The number of methoxy groups -OCH3 is 1. The van der Waals surface area contributed by atoms with E-state index in [0.29, 0.717) is 31.2 Å². The molecule has 146 valence electrons. The van der Waals surface area contributed by atoms with E-state index in [1.165, 1.54) is 35.7 Å². The molecule has 0 bridgehead atoms. The van der Waals surface area contributed by atoms with Crippen molar-refractivity contribution in [3.05, 3.63) is 42.5 Å². The van der Waals surface area contributed by atoms with Crippen molar-refractivity contribution >= 4 is 16.0 Å². The maximum absolute atomic E-state index is 13.2. The fraction of sp³-hybridized carbons (Fsp3) is 0.412. The SMILES string of the molecule is COC(=O)COc1ccc(S(=O)(=O)N2CCNCC2c2nccn2C)cc1. The van der Waals surface area contributed by atoms with Crippen LogP contribution in [0.5, 0.6) is 5.75 Å². The molecular weight excluding hydrogens is 372 g/mol. The van der Waals surface area contributed by atoms with Crippen LogP contribution in [0.2, 0.25) is 0 Å². The molecule has 1 aromatic carbocycles. The summed E-state index contributed by atoms with van der Waals surface area (Å²) in [5.41, 5.74) is 0. The molecule has 0 radical (unpaired) electrons. The second-order valence-corrected chi connectivity index (χ2v) is 7.96. The molecule has 1 aliphatic heterocycles. The molecule has 9 nitrogen and oxygen atoms in total. The Morgan fingerprint density at radius 2 is 2.07 bits per heavy atom. The number of carbonyl (C=O) groups is 1. The number of piperazine rings is 1. The normalized spacial score (nSPS) is 18.2. The van der Waals surface area contributed by atoms with E-state index in [1.807, 2.05) is 11.6 Å². The van der Waals surface area contributed by atoms with Crippen LogP contribution in [0.4, 0.5) is 0 Å². The summed E-state index contributed by atoms with van der Waals surface area (Å²) in [5, 5.41) is 3.22. The Kier molecular flexibility index (Phi) is 5.78. The Morgan fingerprint density at radius 3 is 2.70 bits per heavy atom. The number of ether oxygens (including phenoxy) is 2. The van der Waals surface area contributed by atoms with Crippen LogP contribution in [0.15, 0.2) is 41.6 Å². The van der Waals surface area contributed by atoms with Gasteiger partial charge in [-0.1, -0.05) is 0 Å². The van der Waals surface area contributed by atoms with Gasteiger partial charge in [-0.05, 0) is 24.3 Å². The predicted molar refractivity (Wildman–Crippen MR) is 96.7 cm³/mol. The lowest BCUT2D eigenvalue weighted by Crippen LogP contribution is -2.49. The van der Waals surface area contributed by atoms with Gasteiger partial charge in [-0.15, -0.1) is 0 Å². The number of carbonyl (C=O) groups excluding carboxylic acids is 1. The van der Waals surface area contributed by atoms with Crippen molar-refractivity contribution in [2.45, 2.75) is 10.9 Å². The van der Waals surface area contributed by atoms with E-state index in [1.54, 1.807) is 12.4 Å². The highest BCUT2D eigenvalue weighted by Crippen LogP contribution is 2.28. The van der Waals surface area contributed by atoms with Crippen LogP contribution in [-0.2, 0) is 26.6 Å². The van der Waals surface area contributed by atoms with Gasteiger partial charge in [0.05, 0.1) is 18.0 Å². The lowest BCUT2D eigenvalue weighted by atomic mass is 10.2. The number of hydrogen-bond acceptors (Lipinski definition) is 7. The van der Waals surface area contributed by atoms with E-state index < -0.39 is 16.0 Å². The molecule has 3 rings (SSSR count). The maximum atomic E-state index is 13.2. The Bertz CT molecular complexity index is 894. The van der Waals surface area contributed by atoms with Gasteiger partial charge in [-0.25, -0.2) is 18.2 Å². The number of benzene rings is 1. The molecule has 0 aliphatic carbocycles. The van der Waals surface area contributed by atoms with Crippen LogP contribution in [-0.4, -0.2) is 61.6 Å². The molecule has 1 saturated heterocycles. The number of imidazole rings is 1. The Labute approximate surface area is 158 Å². The van der Waals surface area contributed by atoms with Crippen molar-refractivity contribution in [2.24, 2.45) is 7.05 Å². The summed E-state index contributed by atoms with van der Waals surface area (Å²) in [6.07, 6.45) is 3.45. The maximum Gasteiger partial charge on any atom is 0.343 e. The lowest BCUT2D eigenvalue weighted by Gasteiger charge is -2.34. The van der Waals surface area contributed by atoms with Crippen LogP contribution >= 0.6 is 0 Å². The summed E-state index contributed by atoms with van der Waals surface area (Å²) in [4.78, 5) is 15.6.